The minimum atomic E-state index is -0.652. The molecule has 0 aliphatic rings. The number of nitrogens with one attached hydrogen (secondary N) is 2. The standard InChI is InChI=1S/C15H20N2O7/c1-21-11-7-9(14(19)24-4)10(8-12(11)22-2)17-15(20)16-6-5-13(18)23-3/h7-8H,5-6H2,1-4H3,(H2,16,17,20). The summed E-state index contributed by atoms with van der Waals surface area (Å²) in [6.45, 7) is 0.0827. The Balaban J connectivity index is 2.93. The maximum Gasteiger partial charge on any atom is 0.340 e. The molecule has 0 unspecified atom stereocenters. The zero-order chi connectivity index (χ0) is 18.1. The summed E-state index contributed by atoms with van der Waals surface area (Å²) in [7, 11) is 5.33. The average molecular weight is 340 g/mol. The van der Waals surface area contributed by atoms with E-state index in [1.165, 1.54) is 40.6 Å². The molecule has 9 nitrogen and oxygen atoms in total. The molecule has 0 atom stereocenters. The van der Waals surface area contributed by atoms with Gasteiger partial charge in [0.15, 0.2) is 11.5 Å². The van der Waals surface area contributed by atoms with Crippen LogP contribution in [0.3, 0.4) is 0 Å². The smallest absolute Gasteiger partial charge is 0.340 e. The number of carbonyl (C=O) groups excluding carboxylic acids is 3. The molecule has 9 heteroatoms. The second-order valence-electron chi connectivity index (χ2n) is 4.45. The maximum absolute atomic E-state index is 11.9. The van der Waals surface area contributed by atoms with E-state index in [4.69, 9.17) is 14.2 Å². The summed E-state index contributed by atoms with van der Waals surface area (Å²) < 4.78 is 19.4. The first-order valence-corrected chi connectivity index (χ1v) is 6.92. The van der Waals surface area contributed by atoms with Crippen molar-refractivity contribution in [2.45, 2.75) is 6.42 Å². The lowest BCUT2D eigenvalue weighted by molar-refractivity contribution is -0.140. The van der Waals surface area contributed by atoms with Gasteiger partial charge in [0.25, 0.3) is 0 Å². The molecule has 2 amide bonds. The molecule has 1 rings (SSSR count). The number of rotatable bonds is 7. The minimum absolute atomic E-state index is 0.0275. The number of methoxy groups -OCH3 is 4. The van der Waals surface area contributed by atoms with Crippen LogP contribution in [0.5, 0.6) is 11.5 Å². The Morgan fingerprint density at radius 1 is 0.958 bits per heavy atom. The van der Waals surface area contributed by atoms with E-state index in [1.807, 2.05) is 0 Å². The number of ether oxygens (including phenoxy) is 4. The van der Waals surface area contributed by atoms with Crippen molar-refractivity contribution in [3.8, 4) is 11.5 Å². The Hall–Kier alpha value is -2.97. The molecular formula is C15H20N2O7. The summed E-state index contributed by atoms with van der Waals surface area (Å²) in [5.41, 5.74) is 0.272. The lowest BCUT2D eigenvalue weighted by Gasteiger charge is -2.15. The van der Waals surface area contributed by atoms with E-state index in [1.54, 1.807) is 0 Å². The fourth-order valence-electron chi connectivity index (χ4n) is 1.81. The zero-order valence-corrected chi connectivity index (χ0v) is 13.9. The van der Waals surface area contributed by atoms with E-state index in [0.29, 0.717) is 11.5 Å². The summed E-state index contributed by atoms with van der Waals surface area (Å²) in [5, 5.41) is 4.98. The summed E-state index contributed by atoms with van der Waals surface area (Å²) in [6, 6.07) is 2.23. The molecule has 0 saturated heterocycles. The predicted octanol–water partition coefficient (Wildman–Crippen LogP) is 1.17. The second kappa shape index (κ2) is 9.23. The Labute approximate surface area is 139 Å². The number of benzene rings is 1. The quantitative estimate of drug-likeness (QED) is 0.717. The number of hydrogen-bond donors (Lipinski definition) is 2. The highest BCUT2D eigenvalue weighted by molar-refractivity contribution is 6.01. The van der Waals surface area contributed by atoms with Crippen LogP contribution in [0.4, 0.5) is 10.5 Å². The van der Waals surface area contributed by atoms with Crippen LogP contribution >= 0.6 is 0 Å². The number of urea groups is 1. The molecule has 0 spiro atoms. The van der Waals surface area contributed by atoms with Crippen molar-refractivity contribution in [3.05, 3.63) is 17.7 Å². The van der Waals surface area contributed by atoms with Gasteiger partial charge in [-0.1, -0.05) is 0 Å². The van der Waals surface area contributed by atoms with Gasteiger partial charge in [-0.2, -0.15) is 0 Å². The van der Waals surface area contributed by atoms with Crippen molar-refractivity contribution in [2.75, 3.05) is 40.3 Å². The molecule has 2 N–H and O–H groups in total. The number of esters is 2. The van der Waals surface area contributed by atoms with Gasteiger partial charge in [0, 0.05) is 18.7 Å². The van der Waals surface area contributed by atoms with Gasteiger partial charge in [-0.25, -0.2) is 9.59 Å². The molecule has 0 heterocycles. The van der Waals surface area contributed by atoms with Crippen LogP contribution in [0.15, 0.2) is 12.1 Å². The molecule has 132 valence electrons. The Morgan fingerprint density at radius 2 is 1.58 bits per heavy atom. The van der Waals surface area contributed by atoms with E-state index in [9.17, 15) is 14.4 Å². The molecule has 0 radical (unpaired) electrons. The Morgan fingerprint density at radius 3 is 2.12 bits per heavy atom. The maximum atomic E-state index is 11.9. The van der Waals surface area contributed by atoms with Gasteiger partial charge in [-0.3, -0.25) is 4.79 Å². The first-order chi connectivity index (χ1) is 11.5. The first kappa shape index (κ1) is 19.1. The predicted molar refractivity (Wildman–Crippen MR) is 84.5 cm³/mol. The molecule has 1 aromatic rings. The van der Waals surface area contributed by atoms with E-state index in [0.717, 1.165) is 0 Å². The van der Waals surface area contributed by atoms with Gasteiger partial charge >= 0.3 is 18.0 Å². The molecule has 0 aromatic heterocycles. The van der Waals surface area contributed by atoms with Crippen LogP contribution in [-0.4, -0.2) is 53.0 Å². The highest BCUT2D eigenvalue weighted by Gasteiger charge is 2.19. The third-order valence-corrected chi connectivity index (χ3v) is 3.02. The third-order valence-electron chi connectivity index (χ3n) is 3.02. The summed E-state index contributed by atoms with van der Waals surface area (Å²) in [5.74, 6) is -0.456. The van der Waals surface area contributed by atoms with Crippen molar-refractivity contribution in [2.24, 2.45) is 0 Å². The van der Waals surface area contributed by atoms with Crippen molar-refractivity contribution in [1.29, 1.82) is 0 Å². The lowest BCUT2D eigenvalue weighted by atomic mass is 10.1. The summed E-state index contributed by atoms with van der Waals surface area (Å²) >= 11 is 0. The van der Waals surface area contributed by atoms with Gasteiger partial charge in [0.1, 0.15) is 0 Å². The number of carbonyl (C=O) groups is 3. The molecule has 0 saturated carbocycles. The molecular weight excluding hydrogens is 320 g/mol. The fourth-order valence-corrected chi connectivity index (χ4v) is 1.81. The minimum Gasteiger partial charge on any atom is -0.493 e. The van der Waals surface area contributed by atoms with E-state index >= 15 is 0 Å². The van der Waals surface area contributed by atoms with Crippen LogP contribution in [0.25, 0.3) is 0 Å². The van der Waals surface area contributed by atoms with Crippen molar-refractivity contribution in [1.82, 2.24) is 5.32 Å². The van der Waals surface area contributed by atoms with Crippen molar-refractivity contribution < 1.29 is 33.3 Å². The number of anilines is 1. The SMILES string of the molecule is COC(=O)CCNC(=O)Nc1cc(OC)c(OC)cc1C(=O)OC. The van der Waals surface area contributed by atoms with Gasteiger partial charge in [0.2, 0.25) is 0 Å². The Kier molecular flexibility index (Phi) is 7.34. The number of hydrogen-bond acceptors (Lipinski definition) is 7. The van der Waals surface area contributed by atoms with Gasteiger partial charge in [-0.05, 0) is 0 Å². The van der Waals surface area contributed by atoms with Gasteiger partial charge < -0.3 is 29.6 Å². The summed E-state index contributed by atoms with van der Waals surface area (Å²) in [4.78, 5) is 34.8. The third kappa shape index (κ3) is 5.04. The lowest BCUT2D eigenvalue weighted by Crippen LogP contribution is -2.31. The fraction of sp³-hybridized carbons (Fsp3) is 0.400. The molecule has 24 heavy (non-hydrogen) atoms. The topological polar surface area (TPSA) is 112 Å². The van der Waals surface area contributed by atoms with Crippen LogP contribution < -0.4 is 20.1 Å². The highest BCUT2D eigenvalue weighted by Crippen LogP contribution is 2.33. The monoisotopic (exact) mass is 340 g/mol. The molecule has 0 fully saturated rings. The second-order valence-corrected chi connectivity index (χ2v) is 4.45. The van der Waals surface area contributed by atoms with Crippen molar-refractivity contribution in [3.63, 3.8) is 0 Å². The highest BCUT2D eigenvalue weighted by atomic mass is 16.5. The zero-order valence-electron chi connectivity index (χ0n) is 13.9. The number of amides is 2. The van der Waals surface area contributed by atoms with E-state index in [-0.39, 0.29) is 24.2 Å². The van der Waals surface area contributed by atoms with Crippen molar-refractivity contribution >= 4 is 23.7 Å². The van der Waals surface area contributed by atoms with Gasteiger partial charge in [0.05, 0.1) is 46.1 Å². The molecule has 0 aliphatic heterocycles. The average Bonchev–Trinajstić information content (AvgIpc) is 2.60. The van der Waals surface area contributed by atoms with E-state index < -0.39 is 18.0 Å². The first-order valence-electron chi connectivity index (χ1n) is 6.92. The molecule has 1 aromatic carbocycles. The normalized spacial score (nSPS) is 9.67. The van der Waals surface area contributed by atoms with Crippen LogP contribution in [0.2, 0.25) is 0 Å². The molecule has 0 aliphatic carbocycles. The van der Waals surface area contributed by atoms with E-state index in [2.05, 4.69) is 15.4 Å². The van der Waals surface area contributed by atoms with Crippen LogP contribution in [0, 0.1) is 0 Å². The molecule has 0 bridgehead atoms. The largest absolute Gasteiger partial charge is 0.493 e. The van der Waals surface area contributed by atoms with Crippen LogP contribution in [-0.2, 0) is 14.3 Å². The van der Waals surface area contributed by atoms with Crippen LogP contribution in [0.1, 0.15) is 16.8 Å². The summed E-state index contributed by atoms with van der Waals surface area (Å²) in [6.07, 6.45) is 0.0275. The Bertz CT molecular complexity index is 616. The van der Waals surface area contributed by atoms with Gasteiger partial charge in [-0.15, -0.1) is 0 Å².